The minimum atomic E-state index is -0.829. The Kier molecular flexibility index (Phi) is 6.68. The molecule has 0 unspecified atom stereocenters. The Hall–Kier alpha value is -1.92. The second-order valence-electron chi connectivity index (χ2n) is 7.81. The number of allylic oxidation sites excluding steroid dienone is 4. The van der Waals surface area contributed by atoms with Gasteiger partial charge in [-0.1, -0.05) is 0 Å². The molecule has 0 atom stereocenters. The van der Waals surface area contributed by atoms with Gasteiger partial charge in [0.25, 0.3) is 0 Å². The second kappa shape index (κ2) is 9.29. The van der Waals surface area contributed by atoms with Crippen LogP contribution in [0.15, 0.2) is 106 Å². The molecule has 0 saturated carbocycles. The van der Waals surface area contributed by atoms with Crippen LogP contribution < -0.4 is 24.8 Å². The molecule has 0 saturated heterocycles. The van der Waals surface area contributed by atoms with E-state index in [1.807, 2.05) is 0 Å². The summed E-state index contributed by atoms with van der Waals surface area (Å²) in [5.41, 5.74) is 8.88. The van der Waals surface area contributed by atoms with Crippen molar-refractivity contribution in [2.24, 2.45) is 0 Å². The molecule has 0 radical (unpaired) electrons. The van der Waals surface area contributed by atoms with E-state index in [0.29, 0.717) is 3.63 Å². The maximum Gasteiger partial charge on any atom is -1.00 e. The summed E-state index contributed by atoms with van der Waals surface area (Å²) in [6.45, 7) is 0. The van der Waals surface area contributed by atoms with Crippen LogP contribution in [0.5, 0.6) is 0 Å². The molecule has 0 amide bonds. The Balaban J connectivity index is 0.00000116. The maximum absolute atomic E-state index is 2.37. The van der Waals surface area contributed by atoms with Crippen molar-refractivity contribution in [3.8, 4) is 11.1 Å². The summed E-state index contributed by atoms with van der Waals surface area (Å²) < 4.78 is 2.34. The molecule has 0 N–H and O–H groups in total. The van der Waals surface area contributed by atoms with E-state index < -0.39 is 23.2 Å². The van der Waals surface area contributed by atoms with Crippen molar-refractivity contribution in [2.45, 2.75) is 10.0 Å². The van der Waals surface area contributed by atoms with Crippen LogP contribution in [0.2, 0.25) is 0 Å². The van der Waals surface area contributed by atoms with Crippen molar-refractivity contribution in [3.63, 3.8) is 0 Å². The van der Waals surface area contributed by atoms with Gasteiger partial charge in [0.2, 0.25) is 0 Å². The zero-order valence-electron chi connectivity index (χ0n) is 16.9. The van der Waals surface area contributed by atoms with Crippen LogP contribution in [0.25, 0.3) is 27.5 Å². The first-order chi connectivity index (χ1) is 14.4. The van der Waals surface area contributed by atoms with Gasteiger partial charge in [0.1, 0.15) is 0 Å². The summed E-state index contributed by atoms with van der Waals surface area (Å²) in [5, 5.41) is 2.65. The van der Waals surface area contributed by atoms with Crippen molar-refractivity contribution in [1.29, 1.82) is 0 Å². The van der Waals surface area contributed by atoms with Crippen molar-refractivity contribution >= 4 is 16.3 Å². The summed E-state index contributed by atoms with van der Waals surface area (Å²) in [6, 6.07) is 33.7. The molecule has 2 aliphatic rings. The molecule has 0 aliphatic heterocycles. The molecular weight excluding hydrogens is 498 g/mol. The van der Waals surface area contributed by atoms with Gasteiger partial charge in [0, 0.05) is 0 Å². The number of hydrogen-bond donors (Lipinski definition) is 0. The Labute approximate surface area is 207 Å². The van der Waals surface area contributed by atoms with Crippen molar-refractivity contribution < 1.29 is 48.0 Å². The summed E-state index contributed by atoms with van der Waals surface area (Å²) >= 11 is -0.829. The van der Waals surface area contributed by atoms with Gasteiger partial charge in [0.15, 0.2) is 0 Å². The molecule has 0 nitrogen and oxygen atoms in total. The normalized spacial score (nSPS) is 13.9. The van der Waals surface area contributed by atoms with Gasteiger partial charge in [-0.25, -0.2) is 0 Å². The first-order valence-corrected chi connectivity index (χ1v) is 12.9. The van der Waals surface area contributed by atoms with Gasteiger partial charge in [-0.2, -0.15) is 0 Å². The van der Waals surface area contributed by atoms with Gasteiger partial charge in [0.05, 0.1) is 0 Å². The minimum Gasteiger partial charge on any atom is -1.00 e. The molecule has 150 valence electrons. The van der Waals surface area contributed by atoms with Crippen molar-refractivity contribution in [1.82, 2.24) is 0 Å². The molecule has 0 fully saturated rings. The Morgan fingerprint density at radius 1 is 0.645 bits per heavy atom. The van der Waals surface area contributed by atoms with E-state index in [2.05, 4.69) is 103 Å². The summed E-state index contributed by atoms with van der Waals surface area (Å²) in [7, 11) is 0. The average Bonchev–Trinajstić information content (AvgIpc) is 3.37. The topological polar surface area (TPSA) is 0 Å². The second-order valence-corrected chi connectivity index (χ2v) is 11.4. The number of rotatable bonds is 3. The monoisotopic (exact) mass is 516 g/mol. The summed E-state index contributed by atoms with van der Waals surface area (Å²) in [4.78, 5) is 0. The largest absolute Gasteiger partial charge is 1.00 e. The number of benzene rings is 4. The van der Waals surface area contributed by atoms with Gasteiger partial charge in [-0.15, -0.1) is 0 Å². The first-order valence-electron chi connectivity index (χ1n) is 10.2. The van der Waals surface area contributed by atoms with Crippen LogP contribution in [0.3, 0.4) is 0 Å². The van der Waals surface area contributed by atoms with Crippen LogP contribution in [0, 0.1) is 0 Å². The van der Waals surface area contributed by atoms with E-state index in [1.165, 1.54) is 33.0 Å². The van der Waals surface area contributed by atoms with E-state index >= 15 is 0 Å². The average molecular weight is 519 g/mol. The van der Waals surface area contributed by atoms with Crippen molar-refractivity contribution in [2.75, 3.05) is 0 Å². The van der Waals surface area contributed by atoms with Gasteiger partial charge in [-0.05, 0) is 0 Å². The van der Waals surface area contributed by atoms with Crippen LogP contribution in [0.4, 0.5) is 0 Å². The fourth-order valence-electron chi connectivity index (χ4n) is 4.75. The summed E-state index contributed by atoms with van der Waals surface area (Å²) in [6.07, 6.45) is 5.87. The standard InChI is InChI=1S/C15H11.C13H9.2ClH.Zr/c1-2-6-12(5-1)15-10-9-13-7-3-4-8-14(13)11-15;1-3-7-12-10(5-1)9-11-6-2-4-8-13(11)12;;;/h1,3-5,7-11H,2H2;1-9H;2*1H;/q;;;;+2/p-2. The van der Waals surface area contributed by atoms with E-state index in [0.717, 1.165) is 6.42 Å². The fraction of sp³-hybridized carbons (Fsp3) is 0.0714. The Bertz CT molecular complexity index is 1270. The molecule has 4 aromatic rings. The van der Waals surface area contributed by atoms with Gasteiger partial charge in [-0.3, -0.25) is 0 Å². The van der Waals surface area contributed by atoms with Crippen LogP contribution in [-0.4, -0.2) is 0 Å². The zero-order valence-corrected chi connectivity index (χ0v) is 20.8. The number of fused-ring (bicyclic) bond motifs is 4. The Morgan fingerprint density at radius 2 is 1.26 bits per heavy atom. The Morgan fingerprint density at radius 3 is 1.97 bits per heavy atom. The van der Waals surface area contributed by atoms with E-state index in [9.17, 15) is 0 Å². The third-order valence-corrected chi connectivity index (χ3v) is 10.4. The SMILES string of the molecule is C1=CC(c2ccc3ccccc3c2)=[C]([Zr+2][CH]2c3ccccc3-c3ccccc32)C1.[Cl-].[Cl-]. The molecule has 3 heteroatoms. The molecule has 0 spiro atoms. The zero-order chi connectivity index (χ0) is 19.2. The molecule has 0 aromatic heterocycles. The minimum absolute atomic E-state index is 0. The molecule has 0 heterocycles. The van der Waals surface area contributed by atoms with Crippen LogP contribution in [-0.2, 0) is 23.2 Å². The maximum atomic E-state index is 2.37. The molecule has 31 heavy (non-hydrogen) atoms. The van der Waals surface area contributed by atoms with Crippen LogP contribution in [0.1, 0.15) is 26.7 Å². The molecule has 4 aromatic carbocycles. The summed E-state index contributed by atoms with van der Waals surface area (Å²) in [5.74, 6) is 0. The van der Waals surface area contributed by atoms with E-state index in [4.69, 9.17) is 0 Å². The number of hydrogen-bond acceptors (Lipinski definition) is 0. The van der Waals surface area contributed by atoms with Gasteiger partial charge >= 0.3 is 184 Å². The smallest absolute Gasteiger partial charge is 1.00 e. The first kappa shape index (κ1) is 22.3. The predicted molar refractivity (Wildman–Crippen MR) is 118 cm³/mol. The molecule has 2 aliphatic carbocycles. The third-order valence-electron chi connectivity index (χ3n) is 6.14. The van der Waals surface area contributed by atoms with E-state index in [-0.39, 0.29) is 24.8 Å². The predicted octanol–water partition coefficient (Wildman–Crippen LogP) is 1.37. The van der Waals surface area contributed by atoms with Crippen LogP contribution >= 0.6 is 0 Å². The molecule has 0 bridgehead atoms. The molecule has 6 rings (SSSR count). The number of halogens is 2. The van der Waals surface area contributed by atoms with Crippen molar-refractivity contribution in [3.05, 3.63) is 123 Å². The van der Waals surface area contributed by atoms with Gasteiger partial charge < -0.3 is 24.8 Å². The fourth-order valence-corrected chi connectivity index (χ4v) is 9.13. The third kappa shape index (κ3) is 3.89. The van der Waals surface area contributed by atoms with E-state index in [1.54, 1.807) is 14.4 Å². The molecular formula is C28H20Cl2Zr. The quantitative estimate of drug-likeness (QED) is 0.385.